The summed E-state index contributed by atoms with van der Waals surface area (Å²) in [6.07, 6.45) is -1.02. The molecule has 0 aliphatic heterocycles. The highest BCUT2D eigenvalue weighted by molar-refractivity contribution is 8.00. The third-order valence-corrected chi connectivity index (χ3v) is 3.23. The minimum absolute atomic E-state index is 0.0988. The standard InChI is InChI=1S/C13H16N2O4S/c1-9(12(17)15-13(18)14-2)19-11(16)8-20-10-6-4-3-5-7-10/h3-7,9H,8H2,1-2H3,(H2,14,15,17,18)/t9-/m0/s1. The first kappa shape index (κ1) is 16.0. The number of hydrogen-bond acceptors (Lipinski definition) is 5. The van der Waals surface area contributed by atoms with Gasteiger partial charge >= 0.3 is 12.0 Å². The Hall–Kier alpha value is -2.02. The fourth-order valence-corrected chi connectivity index (χ4v) is 1.92. The molecule has 0 unspecified atom stereocenters. The highest BCUT2D eigenvalue weighted by Gasteiger charge is 2.19. The van der Waals surface area contributed by atoms with Gasteiger partial charge in [-0.3, -0.25) is 14.9 Å². The number of carbonyl (C=O) groups is 3. The van der Waals surface area contributed by atoms with Crippen molar-refractivity contribution in [3.8, 4) is 0 Å². The van der Waals surface area contributed by atoms with Gasteiger partial charge in [0.05, 0.1) is 5.75 Å². The maximum absolute atomic E-state index is 11.6. The normalized spacial score (nSPS) is 11.3. The molecular weight excluding hydrogens is 280 g/mol. The van der Waals surface area contributed by atoms with Crippen LogP contribution >= 0.6 is 11.8 Å². The molecule has 6 nitrogen and oxygen atoms in total. The zero-order valence-electron chi connectivity index (χ0n) is 11.2. The Labute approximate surface area is 121 Å². The first-order chi connectivity index (χ1) is 9.52. The van der Waals surface area contributed by atoms with Crippen LogP contribution in [-0.4, -0.2) is 36.8 Å². The molecule has 7 heteroatoms. The average molecular weight is 296 g/mol. The van der Waals surface area contributed by atoms with E-state index in [1.807, 2.05) is 35.6 Å². The summed E-state index contributed by atoms with van der Waals surface area (Å²) in [7, 11) is 1.38. The number of thioether (sulfide) groups is 1. The third kappa shape index (κ3) is 5.75. The third-order valence-electron chi connectivity index (χ3n) is 2.24. The molecule has 0 heterocycles. The molecule has 1 atom stereocenters. The van der Waals surface area contributed by atoms with Gasteiger partial charge in [0.25, 0.3) is 5.91 Å². The molecule has 2 N–H and O–H groups in total. The van der Waals surface area contributed by atoms with Crippen molar-refractivity contribution >= 4 is 29.7 Å². The zero-order chi connectivity index (χ0) is 15.0. The molecule has 0 bridgehead atoms. The van der Waals surface area contributed by atoms with Crippen molar-refractivity contribution in [3.05, 3.63) is 30.3 Å². The number of imide groups is 1. The van der Waals surface area contributed by atoms with E-state index in [-0.39, 0.29) is 5.75 Å². The number of benzene rings is 1. The lowest BCUT2D eigenvalue weighted by molar-refractivity contribution is -0.151. The minimum atomic E-state index is -1.02. The highest BCUT2D eigenvalue weighted by Crippen LogP contribution is 2.17. The second-order valence-corrected chi connectivity index (χ2v) is 4.85. The van der Waals surface area contributed by atoms with Crippen molar-refractivity contribution in [1.82, 2.24) is 10.6 Å². The monoisotopic (exact) mass is 296 g/mol. The number of amides is 3. The van der Waals surface area contributed by atoms with Crippen LogP contribution in [0, 0.1) is 0 Å². The van der Waals surface area contributed by atoms with Gasteiger partial charge in [-0.1, -0.05) is 18.2 Å². The number of ether oxygens (including phenoxy) is 1. The Morgan fingerprint density at radius 1 is 1.25 bits per heavy atom. The van der Waals surface area contributed by atoms with Gasteiger partial charge in [-0.05, 0) is 19.1 Å². The van der Waals surface area contributed by atoms with Crippen molar-refractivity contribution in [2.24, 2.45) is 0 Å². The lowest BCUT2D eigenvalue weighted by Crippen LogP contribution is -2.43. The summed E-state index contributed by atoms with van der Waals surface area (Å²) in [5, 5.41) is 4.27. The van der Waals surface area contributed by atoms with Crippen molar-refractivity contribution in [2.45, 2.75) is 17.9 Å². The smallest absolute Gasteiger partial charge is 0.321 e. The van der Waals surface area contributed by atoms with E-state index in [2.05, 4.69) is 5.32 Å². The highest BCUT2D eigenvalue weighted by atomic mass is 32.2. The van der Waals surface area contributed by atoms with Crippen LogP contribution < -0.4 is 10.6 Å². The lowest BCUT2D eigenvalue weighted by Gasteiger charge is -2.12. The van der Waals surface area contributed by atoms with Gasteiger partial charge in [-0.25, -0.2) is 4.79 Å². The Morgan fingerprint density at radius 3 is 2.50 bits per heavy atom. The number of esters is 1. The molecule has 0 saturated carbocycles. The Kier molecular flexibility index (Phi) is 6.58. The largest absolute Gasteiger partial charge is 0.452 e. The number of nitrogens with one attached hydrogen (secondary N) is 2. The average Bonchev–Trinajstić information content (AvgIpc) is 2.45. The van der Waals surface area contributed by atoms with E-state index in [1.54, 1.807) is 0 Å². The van der Waals surface area contributed by atoms with Crippen molar-refractivity contribution in [3.63, 3.8) is 0 Å². The van der Waals surface area contributed by atoms with Gasteiger partial charge in [0, 0.05) is 11.9 Å². The van der Waals surface area contributed by atoms with Crippen LogP contribution in [0.1, 0.15) is 6.92 Å². The number of rotatable bonds is 5. The van der Waals surface area contributed by atoms with E-state index < -0.39 is 24.0 Å². The zero-order valence-corrected chi connectivity index (χ0v) is 12.0. The molecule has 20 heavy (non-hydrogen) atoms. The first-order valence-corrected chi connectivity index (χ1v) is 6.91. The van der Waals surface area contributed by atoms with Gasteiger partial charge in [-0.2, -0.15) is 0 Å². The number of carbonyl (C=O) groups excluding carboxylic acids is 3. The molecule has 0 aliphatic rings. The Morgan fingerprint density at radius 2 is 1.90 bits per heavy atom. The van der Waals surface area contributed by atoms with E-state index in [1.165, 1.54) is 25.7 Å². The number of urea groups is 1. The molecule has 0 radical (unpaired) electrons. The van der Waals surface area contributed by atoms with Crippen LogP contribution in [0.3, 0.4) is 0 Å². The first-order valence-electron chi connectivity index (χ1n) is 5.93. The predicted molar refractivity (Wildman–Crippen MR) is 75.3 cm³/mol. The minimum Gasteiger partial charge on any atom is -0.452 e. The maximum Gasteiger partial charge on any atom is 0.321 e. The summed E-state index contributed by atoms with van der Waals surface area (Å²) in [5.74, 6) is -1.08. The molecule has 0 spiro atoms. The van der Waals surface area contributed by atoms with E-state index in [0.717, 1.165) is 4.90 Å². The molecule has 1 rings (SSSR count). The van der Waals surface area contributed by atoms with Crippen molar-refractivity contribution < 1.29 is 19.1 Å². The van der Waals surface area contributed by atoms with Crippen LogP contribution in [0.15, 0.2) is 35.2 Å². The second kappa shape index (κ2) is 8.21. The van der Waals surface area contributed by atoms with E-state index in [4.69, 9.17) is 4.74 Å². The van der Waals surface area contributed by atoms with Gasteiger partial charge in [-0.15, -0.1) is 11.8 Å². The molecule has 3 amide bonds. The van der Waals surface area contributed by atoms with Crippen molar-refractivity contribution in [2.75, 3.05) is 12.8 Å². The SMILES string of the molecule is CNC(=O)NC(=O)[C@H](C)OC(=O)CSc1ccccc1. The summed E-state index contributed by atoms with van der Waals surface area (Å²) in [6.45, 7) is 1.41. The summed E-state index contributed by atoms with van der Waals surface area (Å²) in [5.41, 5.74) is 0. The maximum atomic E-state index is 11.6. The molecule has 108 valence electrons. The van der Waals surface area contributed by atoms with E-state index in [0.29, 0.717) is 0 Å². The second-order valence-electron chi connectivity index (χ2n) is 3.80. The van der Waals surface area contributed by atoms with E-state index in [9.17, 15) is 14.4 Å². The molecule has 0 fully saturated rings. The Bertz CT molecular complexity index is 479. The van der Waals surface area contributed by atoms with Crippen LogP contribution in [0.4, 0.5) is 4.79 Å². The fourth-order valence-electron chi connectivity index (χ4n) is 1.22. The molecule has 0 saturated heterocycles. The summed E-state index contributed by atoms with van der Waals surface area (Å²) in [6, 6.07) is 8.73. The molecule has 1 aromatic rings. The molecule has 1 aromatic carbocycles. The van der Waals surface area contributed by atoms with Gasteiger partial charge < -0.3 is 10.1 Å². The summed E-state index contributed by atoms with van der Waals surface area (Å²) >= 11 is 1.32. The van der Waals surface area contributed by atoms with Crippen LogP contribution in [-0.2, 0) is 14.3 Å². The van der Waals surface area contributed by atoms with Gasteiger partial charge in [0.2, 0.25) is 0 Å². The molecule has 0 aromatic heterocycles. The molecular formula is C13H16N2O4S. The fraction of sp³-hybridized carbons (Fsp3) is 0.308. The molecule has 0 aliphatic carbocycles. The van der Waals surface area contributed by atoms with E-state index >= 15 is 0 Å². The quantitative estimate of drug-likeness (QED) is 0.629. The van der Waals surface area contributed by atoms with Crippen molar-refractivity contribution in [1.29, 1.82) is 0 Å². The lowest BCUT2D eigenvalue weighted by atomic mass is 10.4. The van der Waals surface area contributed by atoms with Crippen LogP contribution in [0.5, 0.6) is 0 Å². The summed E-state index contributed by atoms with van der Waals surface area (Å²) in [4.78, 5) is 34.9. The summed E-state index contributed by atoms with van der Waals surface area (Å²) < 4.78 is 4.93. The van der Waals surface area contributed by atoms with Crippen LogP contribution in [0.25, 0.3) is 0 Å². The number of hydrogen-bond donors (Lipinski definition) is 2. The predicted octanol–water partition coefficient (Wildman–Crippen LogP) is 1.17. The Balaban J connectivity index is 2.34. The van der Waals surface area contributed by atoms with Gasteiger partial charge in [0.1, 0.15) is 0 Å². The topological polar surface area (TPSA) is 84.5 Å². The van der Waals surface area contributed by atoms with Gasteiger partial charge in [0.15, 0.2) is 6.10 Å². The van der Waals surface area contributed by atoms with Crippen LogP contribution in [0.2, 0.25) is 0 Å².